The molecule has 4 heteroatoms. The van der Waals surface area contributed by atoms with Gasteiger partial charge in [0.05, 0.1) is 0 Å². The molecule has 1 aliphatic heterocycles. The molecule has 0 amide bonds. The molecule has 0 aliphatic carbocycles. The fourth-order valence-electron chi connectivity index (χ4n) is 2.06. The van der Waals surface area contributed by atoms with Gasteiger partial charge in [-0.05, 0) is 31.7 Å². The molecule has 0 saturated carbocycles. The molecule has 1 saturated heterocycles. The number of halogens is 1. The topological polar surface area (TPSA) is 29.0 Å². The van der Waals surface area contributed by atoms with E-state index in [0.717, 1.165) is 30.4 Å². The lowest BCUT2D eigenvalue weighted by Crippen LogP contribution is -2.35. The van der Waals surface area contributed by atoms with Crippen LogP contribution < -0.4 is 4.90 Å². The van der Waals surface area contributed by atoms with Crippen LogP contribution in [0.1, 0.15) is 44.0 Å². The van der Waals surface area contributed by atoms with E-state index in [9.17, 15) is 0 Å². The van der Waals surface area contributed by atoms with Crippen molar-refractivity contribution in [2.24, 2.45) is 0 Å². The van der Waals surface area contributed by atoms with Crippen molar-refractivity contribution in [2.75, 3.05) is 18.0 Å². The molecule has 2 heterocycles. The van der Waals surface area contributed by atoms with Crippen LogP contribution in [0.4, 0.5) is 5.95 Å². The summed E-state index contributed by atoms with van der Waals surface area (Å²) in [5, 5.41) is 0. The van der Waals surface area contributed by atoms with Gasteiger partial charge < -0.3 is 4.90 Å². The third kappa shape index (κ3) is 3.18. The fourth-order valence-corrected chi connectivity index (χ4v) is 2.47. The smallest absolute Gasteiger partial charge is 0.225 e. The summed E-state index contributed by atoms with van der Waals surface area (Å²) >= 11 is 3.67. The van der Waals surface area contributed by atoms with Gasteiger partial charge in [0.15, 0.2) is 0 Å². The Morgan fingerprint density at radius 2 is 1.94 bits per heavy atom. The summed E-state index contributed by atoms with van der Waals surface area (Å²) in [5.41, 5.74) is 2.22. The number of aromatic nitrogens is 2. The van der Waals surface area contributed by atoms with Crippen LogP contribution in [0, 0.1) is 6.92 Å². The van der Waals surface area contributed by atoms with Crippen molar-refractivity contribution in [1.82, 2.24) is 9.97 Å². The summed E-state index contributed by atoms with van der Waals surface area (Å²) in [6.45, 7) is 8.51. The first-order chi connectivity index (χ1) is 8.06. The zero-order chi connectivity index (χ0) is 12.4. The van der Waals surface area contributed by atoms with E-state index in [1.54, 1.807) is 0 Å². The number of nitrogens with zero attached hydrogens (tertiary/aromatic N) is 3. The lowest BCUT2D eigenvalue weighted by Gasteiger charge is -2.30. The third-order valence-corrected chi connectivity index (χ3v) is 4.08. The molecule has 94 valence electrons. The maximum atomic E-state index is 4.68. The molecule has 1 aliphatic rings. The maximum absolute atomic E-state index is 4.68. The van der Waals surface area contributed by atoms with Gasteiger partial charge in [0.2, 0.25) is 5.95 Å². The van der Waals surface area contributed by atoms with E-state index >= 15 is 0 Å². The Hall–Kier alpha value is -0.640. The number of anilines is 1. The quantitative estimate of drug-likeness (QED) is 0.785. The van der Waals surface area contributed by atoms with Crippen molar-refractivity contribution in [2.45, 2.75) is 44.4 Å². The van der Waals surface area contributed by atoms with Crippen LogP contribution in [0.25, 0.3) is 0 Å². The van der Waals surface area contributed by atoms with Crippen molar-refractivity contribution in [3.8, 4) is 0 Å². The number of piperidine rings is 1. The molecular formula is C13H20BrN3. The standard InChI is InChI=1S/C13H20BrN3/c1-9(2)12-8-10(3)15-13(16-12)17-6-4-11(14)5-7-17/h8-9,11H,4-7H2,1-3H3. The van der Waals surface area contributed by atoms with Crippen molar-refractivity contribution in [3.63, 3.8) is 0 Å². The second kappa shape index (κ2) is 5.34. The zero-order valence-corrected chi connectivity index (χ0v) is 12.4. The van der Waals surface area contributed by atoms with Gasteiger partial charge >= 0.3 is 0 Å². The predicted molar refractivity (Wildman–Crippen MR) is 75.0 cm³/mol. The highest BCUT2D eigenvalue weighted by atomic mass is 79.9. The van der Waals surface area contributed by atoms with Gasteiger partial charge in [0.25, 0.3) is 0 Å². The summed E-state index contributed by atoms with van der Waals surface area (Å²) in [6.07, 6.45) is 2.35. The van der Waals surface area contributed by atoms with Crippen LogP contribution in [0.2, 0.25) is 0 Å². The Balaban J connectivity index is 2.20. The Bertz CT molecular complexity index is 384. The number of hydrogen-bond donors (Lipinski definition) is 0. The van der Waals surface area contributed by atoms with Crippen molar-refractivity contribution in [1.29, 1.82) is 0 Å². The highest BCUT2D eigenvalue weighted by Gasteiger charge is 2.19. The monoisotopic (exact) mass is 297 g/mol. The third-order valence-electron chi connectivity index (χ3n) is 3.16. The van der Waals surface area contributed by atoms with Gasteiger partial charge in [-0.1, -0.05) is 29.8 Å². The van der Waals surface area contributed by atoms with Crippen LogP contribution in [0.15, 0.2) is 6.07 Å². The molecule has 0 aromatic carbocycles. The van der Waals surface area contributed by atoms with Crippen LogP contribution in [-0.2, 0) is 0 Å². The first kappa shape index (κ1) is 12.8. The van der Waals surface area contributed by atoms with E-state index < -0.39 is 0 Å². The van der Waals surface area contributed by atoms with Crippen LogP contribution >= 0.6 is 15.9 Å². The molecule has 0 atom stereocenters. The molecule has 3 nitrogen and oxygen atoms in total. The summed E-state index contributed by atoms with van der Waals surface area (Å²) < 4.78 is 0. The van der Waals surface area contributed by atoms with E-state index in [1.165, 1.54) is 12.8 Å². The largest absolute Gasteiger partial charge is 0.341 e. The van der Waals surface area contributed by atoms with Crippen molar-refractivity contribution >= 4 is 21.9 Å². The molecule has 0 bridgehead atoms. The van der Waals surface area contributed by atoms with E-state index in [0.29, 0.717) is 10.7 Å². The number of alkyl halides is 1. The minimum Gasteiger partial charge on any atom is -0.341 e. The van der Waals surface area contributed by atoms with E-state index in [4.69, 9.17) is 0 Å². The number of hydrogen-bond acceptors (Lipinski definition) is 3. The first-order valence-corrected chi connectivity index (χ1v) is 7.22. The fraction of sp³-hybridized carbons (Fsp3) is 0.692. The number of aryl methyl sites for hydroxylation is 1. The van der Waals surface area contributed by atoms with E-state index in [1.807, 2.05) is 6.92 Å². The maximum Gasteiger partial charge on any atom is 0.225 e. The van der Waals surface area contributed by atoms with Gasteiger partial charge in [-0.25, -0.2) is 9.97 Å². The first-order valence-electron chi connectivity index (χ1n) is 6.31. The molecule has 0 unspecified atom stereocenters. The van der Waals surface area contributed by atoms with Gasteiger partial charge in [0, 0.05) is 29.3 Å². The Labute approximate surface area is 112 Å². The molecule has 0 N–H and O–H groups in total. The Morgan fingerprint density at radius 3 is 2.53 bits per heavy atom. The molecule has 1 fully saturated rings. The Kier molecular flexibility index (Phi) is 4.02. The second-order valence-corrected chi connectivity index (χ2v) is 6.35. The van der Waals surface area contributed by atoms with Gasteiger partial charge in [-0.2, -0.15) is 0 Å². The minimum absolute atomic E-state index is 0.462. The average Bonchev–Trinajstić information content (AvgIpc) is 2.29. The lowest BCUT2D eigenvalue weighted by molar-refractivity contribution is 0.584. The summed E-state index contributed by atoms with van der Waals surface area (Å²) in [5.74, 6) is 1.37. The highest BCUT2D eigenvalue weighted by Crippen LogP contribution is 2.22. The zero-order valence-electron chi connectivity index (χ0n) is 10.8. The van der Waals surface area contributed by atoms with Crippen LogP contribution in [0.3, 0.4) is 0 Å². The van der Waals surface area contributed by atoms with Crippen LogP contribution in [0.5, 0.6) is 0 Å². The normalized spacial score (nSPS) is 17.8. The molecule has 17 heavy (non-hydrogen) atoms. The highest BCUT2D eigenvalue weighted by molar-refractivity contribution is 9.09. The van der Waals surface area contributed by atoms with Gasteiger partial charge in [-0.15, -0.1) is 0 Å². The molecule has 2 rings (SSSR count). The molecule has 0 spiro atoms. The van der Waals surface area contributed by atoms with Gasteiger partial charge in [0.1, 0.15) is 0 Å². The van der Waals surface area contributed by atoms with Crippen molar-refractivity contribution in [3.05, 3.63) is 17.5 Å². The molecular weight excluding hydrogens is 278 g/mol. The molecule has 1 aromatic rings. The Morgan fingerprint density at radius 1 is 1.29 bits per heavy atom. The second-order valence-electron chi connectivity index (χ2n) is 5.05. The summed E-state index contributed by atoms with van der Waals surface area (Å²) in [6, 6.07) is 2.09. The van der Waals surface area contributed by atoms with Gasteiger partial charge in [-0.3, -0.25) is 0 Å². The van der Waals surface area contributed by atoms with Crippen LogP contribution in [-0.4, -0.2) is 27.9 Å². The lowest BCUT2D eigenvalue weighted by atomic mass is 10.1. The van der Waals surface area contributed by atoms with E-state index in [2.05, 4.69) is 50.7 Å². The van der Waals surface area contributed by atoms with Crippen molar-refractivity contribution < 1.29 is 0 Å². The SMILES string of the molecule is Cc1cc(C(C)C)nc(N2CCC(Br)CC2)n1. The summed E-state index contributed by atoms with van der Waals surface area (Å²) in [7, 11) is 0. The predicted octanol–water partition coefficient (Wildman–Crippen LogP) is 3.27. The summed E-state index contributed by atoms with van der Waals surface area (Å²) in [4.78, 5) is 12.2. The minimum atomic E-state index is 0.462. The van der Waals surface area contributed by atoms with E-state index in [-0.39, 0.29) is 0 Å². The number of rotatable bonds is 2. The molecule has 1 aromatic heterocycles. The average molecular weight is 298 g/mol. The molecule has 0 radical (unpaired) electrons.